The van der Waals surface area contributed by atoms with Crippen molar-refractivity contribution in [3.63, 3.8) is 0 Å². The van der Waals surface area contributed by atoms with Gasteiger partial charge in [-0.25, -0.2) is 0 Å². The van der Waals surface area contributed by atoms with E-state index in [1.54, 1.807) is 0 Å². The molecule has 2 nitrogen and oxygen atoms in total. The molecular weight excluding hydrogens is 136 g/mol. The first kappa shape index (κ1) is 8.57. The number of amidine groups is 1. The molecule has 64 valence electrons. The molecular formula is C9H18N2. The molecule has 0 radical (unpaired) electrons. The summed E-state index contributed by atoms with van der Waals surface area (Å²) >= 11 is 0. The number of hydrogen-bond donors (Lipinski definition) is 0. The molecule has 0 aromatic heterocycles. The van der Waals surface area contributed by atoms with E-state index in [0.717, 1.165) is 13.1 Å². The van der Waals surface area contributed by atoms with Crippen molar-refractivity contribution in [2.75, 3.05) is 20.1 Å². The van der Waals surface area contributed by atoms with Gasteiger partial charge < -0.3 is 4.90 Å². The van der Waals surface area contributed by atoms with Gasteiger partial charge in [0.1, 0.15) is 5.84 Å². The predicted octanol–water partition coefficient (Wildman–Crippen LogP) is 1.77. The SMILES string of the molecule is CCN(C)C1=NCCCC1C. The smallest absolute Gasteiger partial charge is 0.101 e. The van der Waals surface area contributed by atoms with E-state index < -0.39 is 0 Å². The van der Waals surface area contributed by atoms with Crippen LogP contribution in [-0.4, -0.2) is 30.9 Å². The molecule has 0 bridgehead atoms. The lowest BCUT2D eigenvalue weighted by molar-refractivity contribution is 0.461. The second-order valence-corrected chi connectivity index (χ2v) is 3.30. The average Bonchev–Trinajstić information content (AvgIpc) is 2.04. The van der Waals surface area contributed by atoms with Gasteiger partial charge in [0, 0.05) is 26.1 Å². The van der Waals surface area contributed by atoms with Crippen LogP contribution in [0.15, 0.2) is 4.99 Å². The Balaban J connectivity index is 2.59. The van der Waals surface area contributed by atoms with Gasteiger partial charge in [-0.1, -0.05) is 6.92 Å². The lowest BCUT2D eigenvalue weighted by Crippen LogP contribution is -2.33. The second-order valence-electron chi connectivity index (χ2n) is 3.30. The Kier molecular flexibility index (Phi) is 2.92. The molecule has 11 heavy (non-hydrogen) atoms. The lowest BCUT2D eigenvalue weighted by atomic mass is 10.0. The number of aliphatic imine (C=N–C) groups is 1. The topological polar surface area (TPSA) is 15.6 Å². The van der Waals surface area contributed by atoms with E-state index in [0.29, 0.717) is 5.92 Å². The van der Waals surface area contributed by atoms with Crippen LogP contribution in [0.3, 0.4) is 0 Å². The van der Waals surface area contributed by atoms with Crippen LogP contribution >= 0.6 is 0 Å². The van der Waals surface area contributed by atoms with Crippen molar-refractivity contribution in [3.05, 3.63) is 0 Å². The molecule has 0 aromatic carbocycles. The van der Waals surface area contributed by atoms with Gasteiger partial charge in [-0.15, -0.1) is 0 Å². The van der Waals surface area contributed by atoms with E-state index in [-0.39, 0.29) is 0 Å². The van der Waals surface area contributed by atoms with Gasteiger partial charge in [0.25, 0.3) is 0 Å². The van der Waals surface area contributed by atoms with Crippen molar-refractivity contribution in [2.45, 2.75) is 26.7 Å². The van der Waals surface area contributed by atoms with Gasteiger partial charge in [0.15, 0.2) is 0 Å². The molecule has 0 amide bonds. The van der Waals surface area contributed by atoms with Crippen molar-refractivity contribution in [1.29, 1.82) is 0 Å². The van der Waals surface area contributed by atoms with E-state index in [1.807, 2.05) is 0 Å². The Labute approximate surface area is 69.3 Å². The number of rotatable bonds is 1. The zero-order valence-electron chi connectivity index (χ0n) is 7.80. The molecule has 1 atom stereocenters. The third-order valence-corrected chi connectivity index (χ3v) is 2.38. The Bertz CT molecular complexity index is 152. The summed E-state index contributed by atoms with van der Waals surface area (Å²) in [4.78, 5) is 6.78. The molecule has 0 aromatic rings. The molecule has 1 aliphatic heterocycles. The van der Waals surface area contributed by atoms with Crippen LogP contribution in [0.1, 0.15) is 26.7 Å². The monoisotopic (exact) mass is 154 g/mol. The molecule has 0 saturated heterocycles. The van der Waals surface area contributed by atoms with Crippen LogP contribution in [-0.2, 0) is 0 Å². The van der Waals surface area contributed by atoms with Gasteiger partial charge in [-0.05, 0) is 19.8 Å². The van der Waals surface area contributed by atoms with Crippen molar-refractivity contribution >= 4 is 5.84 Å². The minimum Gasteiger partial charge on any atom is -0.363 e. The van der Waals surface area contributed by atoms with Crippen LogP contribution in [0.25, 0.3) is 0 Å². The maximum Gasteiger partial charge on any atom is 0.101 e. The lowest BCUT2D eigenvalue weighted by Gasteiger charge is -2.27. The molecule has 1 unspecified atom stereocenters. The summed E-state index contributed by atoms with van der Waals surface area (Å²) in [7, 11) is 2.13. The van der Waals surface area contributed by atoms with Crippen LogP contribution in [0.2, 0.25) is 0 Å². The fourth-order valence-corrected chi connectivity index (χ4v) is 1.53. The predicted molar refractivity (Wildman–Crippen MR) is 49.0 cm³/mol. The van der Waals surface area contributed by atoms with Crippen LogP contribution in [0, 0.1) is 5.92 Å². The zero-order chi connectivity index (χ0) is 8.27. The summed E-state index contributed by atoms with van der Waals surface area (Å²) in [5.41, 5.74) is 0. The fourth-order valence-electron chi connectivity index (χ4n) is 1.53. The molecule has 1 rings (SSSR count). The van der Waals surface area contributed by atoms with Crippen LogP contribution < -0.4 is 0 Å². The third kappa shape index (κ3) is 1.95. The molecule has 0 saturated carbocycles. The zero-order valence-corrected chi connectivity index (χ0v) is 7.80. The summed E-state index contributed by atoms with van der Waals surface area (Å²) in [6, 6.07) is 0. The quantitative estimate of drug-likeness (QED) is 0.562. The minimum absolute atomic E-state index is 0.675. The standard InChI is InChI=1S/C9H18N2/c1-4-11(3)9-8(2)6-5-7-10-9/h8H,4-7H2,1-3H3. The van der Waals surface area contributed by atoms with Gasteiger partial charge in [0.05, 0.1) is 0 Å². The Morgan fingerprint density at radius 1 is 1.64 bits per heavy atom. The fraction of sp³-hybridized carbons (Fsp3) is 0.889. The first-order valence-corrected chi connectivity index (χ1v) is 4.51. The number of hydrogen-bond acceptors (Lipinski definition) is 2. The van der Waals surface area contributed by atoms with E-state index in [2.05, 4.69) is 30.8 Å². The molecule has 0 aliphatic carbocycles. The van der Waals surface area contributed by atoms with E-state index in [9.17, 15) is 0 Å². The molecule has 0 N–H and O–H groups in total. The van der Waals surface area contributed by atoms with Gasteiger partial charge in [-0.3, -0.25) is 4.99 Å². The molecule has 1 heterocycles. The first-order chi connectivity index (χ1) is 5.25. The highest BCUT2D eigenvalue weighted by Crippen LogP contribution is 2.15. The van der Waals surface area contributed by atoms with E-state index >= 15 is 0 Å². The maximum absolute atomic E-state index is 4.52. The van der Waals surface area contributed by atoms with Gasteiger partial charge in [0.2, 0.25) is 0 Å². The van der Waals surface area contributed by atoms with Crippen molar-refractivity contribution < 1.29 is 0 Å². The molecule has 2 heteroatoms. The van der Waals surface area contributed by atoms with Crippen LogP contribution in [0.5, 0.6) is 0 Å². The number of nitrogens with zero attached hydrogens (tertiary/aromatic N) is 2. The van der Waals surface area contributed by atoms with E-state index in [4.69, 9.17) is 0 Å². The highest BCUT2D eigenvalue weighted by Gasteiger charge is 2.16. The van der Waals surface area contributed by atoms with Crippen LogP contribution in [0.4, 0.5) is 0 Å². The largest absolute Gasteiger partial charge is 0.363 e. The molecule has 0 fully saturated rings. The summed E-state index contributed by atoms with van der Waals surface area (Å²) in [5.74, 6) is 1.98. The highest BCUT2D eigenvalue weighted by molar-refractivity contribution is 5.84. The summed E-state index contributed by atoms with van der Waals surface area (Å²) in [6.45, 7) is 6.54. The third-order valence-electron chi connectivity index (χ3n) is 2.38. The van der Waals surface area contributed by atoms with Crippen molar-refractivity contribution in [3.8, 4) is 0 Å². The van der Waals surface area contributed by atoms with Gasteiger partial charge >= 0.3 is 0 Å². The normalized spacial score (nSPS) is 24.6. The Morgan fingerprint density at radius 3 is 2.91 bits per heavy atom. The Morgan fingerprint density at radius 2 is 2.36 bits per heavy atom. The summed E-state index contributed by atoms with van der Waals surface area (Å²) in [5, 5.41) is 0. The summed E-state index contributed by atoms with van der Waals surface area (Å²) in [6.07, 6.45) is 2.57. The average molecular weight is 154 g/mol. The second kappa shape index (κ2) is 3.74. The molecule has 1 aliphatic rings. The maximum atomic E-state index is 4.52. The van der Waals surface area contributed by atoms with Crippen molar-refractivity contribution in [1.82, 2.24) is 4.90 Å². The molecule has 0 spiro atoms. The minimum atomic E-state index is 0.675. The van der Waals surface area contributed by atoms with Crippen molar-refractivity contribution in [2.24, 2.45) is 10.9 Å². The first-order valence-electron chi connectivity index (χ1n) is 4.51. The van der Waals surface area contributed by atoms with Gasteiger partial charge in [-0.2, -0.15) is 0 Å². The Hall–Kier alpha value is -0.530. The summed E-state index contributed by atoms with van der Waals surface area (Å²) < 4.78 is 0. The van der Waals surface area contributed by atoms with E-state index in [1.165, 1.54) is 18.7 Å². The highest BCUT2D eigenvalue weighted by atomic mass is 15.2.